The van der Waals surface area contributed by atoms with Gasteiger partial charge in [0.15, 0.2) is 0 Å². The number of hydrogen-bond acceptors (Lipinski definition) is 7. The number of carbonyl (C=O) groups excluding carboxylic acids is 1. The summed E-state index contributed by atoms with van der Waals surface area (Å²) in [5, 5.41) is 12.8. The third-order valence-corrected chi connectivity index (χ3v) is 7.38. The number of rotatable bonds is 4. The average Bonchev–Trinajstić information content (AvgIpc) is 3.22. The molecular formula is C19H23N5O2S2. The molecular weight excluding hydrogens is 394 g/mol. The van der Waals surface area contributed by atoms with E-state index in [0.717, 1.165) is 34.7 Å². The molecule has 0 radical (unpaired) electrons. The lowest BCUT2D eigenvalue weighted by molar-refractivity contribution is -0.116. The summed E-state index contributed by atoms with van der Waals surface area (Å²) in [4.78, 5) is 32.4. The van der Waals surface area contributed by atoms with Crippen molar-refractivity contribution in [1.29, 1.82) is 0 Å². The van der Waals surface area contributed by atoms with Crippen molar-refractivity contribution < 1.29 is 4.79 Å². The number of amides is 1. The Morgan fingerprint density at radius 1 is 1.32 bits per heavy atom. The van der Waals surface area contributed by atoms with Gasteiger partial charge >= 0.3 is 0 Å². The minimum absolute atomic E-state index is 0.0782. The van der Waals surface area contributed by atoms with Crippen LogP contribution in [0.2, 0.25) is 0 Å². The summed E-state index contributed by atoms with van der Waals surface area (Å²) in [6, 6.07) is 0. The molecule has 0 fully saturated rings. The molecule has 1 unspecified atom stereocenters. The molecule has 0 bridgehead atoms. The van der Waals surface area contributed by atoms with Crippen LogP contribution in [0.1, 0.15) is 54.4 Å². The smallest absolute Gasteiger partial charge is 0.263 e. The van der Waals surface area contributed by atoms with Gasteiger partial charge in [-0.15, -0.1) is 21.5 Å². The first-order valence-corrected chi connectivity index (χ1v) is 11.1. The van der Waals surface area contributed by atoms with Crippen LogP contribution < -0.4 is 10.9 Å². The van der Waals surface area contributed by atoms with Gasteiger partial charge in [-0.3, -0.25) is 19.5 Å². The predicted molar refractivity (Wildman–Crippen MR) is 112 cm³/mol. The molecule has 0 aliphatic heterocycles. The molecule has 148 valence electrons. The lowest BCUT2D eigenvalue weighted by Gasteiger charge is -2.17. The van der Waals surface area contributed by atoms with E-state index >= 15 is 0 Å². The van der Waals surface area contributed by atoms with E-state index in [-0.39, 0.29) is 23.9 Å². The Hall–Kier alpha value is -2.13. The average molecular weight is 418 g/mol. The zero-order valence-electron chi connectivity index (χ0n) is 16.4. The number of aryl methyl sites for hydroxylation is 2. The van der Waals surface area contributed by atoms with Crippen LogP contribution in [0.3, 0.4) is 0 Å². The van der Waals surface area contributed by atoms with E-state index in [1.165, 1.54) is 20.8 Å². The fraction of sp³-hybridized carbons (Fsp3) is 0.526. The molecule has 3 aromatic heterocycles. The lowest BCUT2D eigenvalue weighted by atomic mass is 9.89. The zero-order valence-corrected chi connectivity index (χ0v) is 18.0. The molecule has 4 rings (SSSR count). The third kappa shape index (κ3) is 3.48. The molecule has 0 saturated heterocycles. The Morgan fingerprint density at radius 3 is 2.82 bits per heavy atom. The molecule has 0 saturated carbocycles. The second-order valence-electron chi connectivity index (χ2n) is 7.73. The Morgan fingerprint density at radius 2 is 2.11 bits per heavy atom. The van der Waals surface area contributed by atoms with Crippen LogP contribution in [0, 0.1) is 12.8 Å². The summed E-state index contributed by atoms with van der Waals surface area (Å²) in [7, 11) is 0. The van der Waals surface area contributed by atoms with Gasteiger partial charge in [-0.25, -0.2) is 4.98 Å². The molecule has 28 heavy (non-hydrogen) atoms. The molecule has 0 aromatic carbocycles. The van der Waals surface area contributed by atoms with Crippen molar-refractivity contribution in [1.82, 2.24) is 19.7 Å². The quantitative estimate of drug-likeness (QED) is 0.702. The molecule has 9 heteroatoms. The highest BCUT2D eigenvalue weighted by molar-refractivity contribution is 7.18. The Balaban J connectivity index is 1.63. The maximum absolute atomic E-state index is 13.2. The summed E-state index contributed by atoms with van der Waals surface area (Å²) < 4.78 is 1.47. The number of nitrogens with zero attached hydrogens (tertiary/aromatic N) is 4. The van der Waals surface area contributed by atoms with E-state index in [4.69, 9.17) is 0 Å². The normalized spacial score (nSPS) is 16.5. The summed E-state index contributed by atoms with van der Waals surface area (Å²) in [5.41, 5.74) is 1.01. The first-order chi connectivity index (χ1) is 13.3. The number of thiophene rings is 1. The van der Waals surface area contributed by atoms with Crippen molar-refractivity contribution in [3.63, 3.8) is 0 Å². The zero-order chi connectivity index (χ0) is 20.0. The Bertz CT molecular complexity index is 1110. The molecule has 7 nitrogen and oxygen atoms in total. The maximum Gasteiger partial charge on any atom is 0.263 e. The fourth-order valence-electron chi connectivity index (χ4n) is 3.53. The highest BCUT2D eigenvalue weighted by atomic mass is 32.1. The van der Waals surface area contributed by atoms with Crippen LogP contribution in [-0.2, 0) is 24.2 Å². The van der Waals surface area contributed by atoms with Crippen molar-refractivity contribution in [2.45, 2.75) is 59.4 Å². The molecule has 1 amide bonds. The molecule has 1 aliphatic carbocycles. The second-order valence-corrected chi connectivity index (χ2v) is 9.82. The fourth-order valence-corrected chi connectivity index (χ4v) is 5.71. The molecule has 3 heterocycles. The highest BCUT2D eigenvalue weighted by Gasteiger charge is 2.24. The standard InChI is InChI=1S/C19H23N5O2S2/c1-9(2)16-22-23-19(28-16)21-14(25)8-24-11(4)20-17-15(18(24)26)12-6-5-10(3)7-13(12)27-17/h9-10H,5-8H2,1-4H3,(H,21,23,25). The van der Waals surface area contributed by atoms with Crippen LogP contribution in [0.4, 0.5) is 5.13 Å². The van der Waals surface area contributed by atoms with Crippen molar-refractivity contribution in [2.75, 3.05) is 5.32 Å². The van der Waals surface area contributed by atoms with Crippen LogP contribution in [-0.4, -0.2) is 25.7 Å². The van der Waals surface area contributed by atoms with Crippen LogP contribution in [0.15, 0.2) is 4.79 Å². The van der Waals surface area contributed by atoms with Gasteiger partial charge in [0.1, 0.15) is 22.2 Å². The second kappa shape index (κ2) is 7.36. The van der Waals surface area contributed by atoms with Crippen LogP contribution in [0.25, 0.3) is 10.2 Å². The molecule has 1 N–H and O–H groups in total. The Labute approximate surface area is 170 Å². The number of carbonyl (C=O) groups is 1. The third-order valence-electron chi connectivity index (χ3n) is 5.09. The summed E-state index contributed by atoms with van der Waals surface area (Å²) in [6.07, 6.45) is 3.00. The number of aromatic nitrogens is 4. The molecule has 3 aromatic rings. The first kappa shape index (κ1) is 19.2. The first-order valence-electron chi connectivity index (χ1n) is 9.48. The van der Waals surface area contributed by atoms with E-state index in [1.807, 2.05) is 13.8 Å². The number of fused-ring (bicyclic) bond motifs is 3. The molecule has 1 atom stereocenters. The summed E-state index contributed by atoms with van der Waals surface area (Å²) >= 11 is 2.98. The van der Waals surface area contributed by atoms with E-state index in [9.17, 15) is 9.59 Å². The van der Waals surface area contributed by atoms with Crippen LogP contribution >= 0.6 is 22.7 Å². The molecule has 1 aliphatic rings. The van der Waals surface area contributed by atoms with Gasteiger partial charge in [0, 0.05) is 10.8 Å². The predicted octanol–water partition coefficient (Wildman–Crippen LogP) is 3.50. The topological polar surface area (TPSA) is 89.8 Å². The van der Waals surface area contributed by atoms with Gasteiger partial charge in [-0.05, 0) is 37.7 Å². The lowest BCUT2D eigenvalue weighted by Crippen LogP contribution is -2.30. The maximum atomic E-state index is 13.2. The minimum Gasteiger partial charge on any atom is -0.299 e. The number of hydrogen-bond donors (Lipinski definition) is 1. The SMILES string of the molecule is Cc1nc2sc3c(c2c(=O)n1CC(=O)Nc1nnc(C(C)C)s1)CCC(C)C3. The van der Waals surface area contributed by atoms with Gasteiger partial charge in [0.2, 0.25) is 11.0 Å². The van der Waals surface area contributed by atoms with Crippen molar-refractivity contribution in [3.05, 3.63) is 31.6 Å². The number of anilines is 1. The largest absolute Gasteiger partial charge is 0.299 e. The van der Waals surface area contributed by atoms with Gasteiger partial charge in [0.05, 0.1) is 5.39 Å². The molecule has 0 spiro atoms. The Kier molecular flexibility index (Phi) is 5.05. The highest BCUT2D eigenvalue weighted by Crippen LogP contribution is 2.35. The monoisotopic (exact) mass is 417 g/mol. The van der Waals surface area contributed by atoms with Gasteiger partial charge < -0.3 is 0 Å². The van der Waals surface area contributed by atoms with Gasteiger partial charge in [0.25, 0.3) is 5.56 Å². The van der Waals surface area contributed by atoms with E-state index in [2.05, 4.69) is 27.4 Å². The van der Waals surface area contributed by atoms with E-state index in [1.54, 1.807) is 18.3 Å². The van der Waals surface area contributed by atoms with Gasteiger partial charge in [-0.1, -0.05) is 32.1 Å². The summed E-state index contributed by atoms with van der Waals surface area (Å²) in [6.45, 7) is 7.99. The van der Waals surface area contributed by atoms with Crippen molar-refractivity contribution in [3.8, 4) is 0 Å². The minimum atomic E-state index is -0.296. The van der Waals surface area contributed by atoms with Crippen molar-refractivity contribution >= 4 is 43.9 Å². The van der Waals surface area contributed by atoms with E-state index in [0.29, 0.717) is 22.3 Å². The van der Waals surface area contributed by atoms with Gasteiger partial charge in [-0.2, -0.15) is 0 Å². The van der Waals surface area contributed by atoms with E-state index < -0.39 is 0 Å². The van der Waals surface area contributed by atoms with Crippen LogP contribution in [0.5, 0.6) is 0 Å². The summed E-state index contributed by atoms with van der Waals surface area (Å²) in [5.74, 6) is 1.15. The van der Waals surface area contributed by atoms with Crippen molar-refractivity contribution in [2.24, 2.45) is 5.92 Å². The number of nitrogens with one attached hydrogen (secondary N) is 1.